The van der Waals surface area contributed by atoms with Gasteiger partial charge in [0.1, 0.15) is 23.8 Å². The number of aromatic nitrogens is 3. The Kier molecular flexibility index (Phi) is 7.09. The largest absolute Gasteiger partial charge is 0.394 e. The number of benzene rings is 2. The van der Waals surface area contributed by atoms with E-state index in [9.17, 15) is 19.5 Å². The number of nitrogens with one attached hydrogen (secondary N) is 2. The normalized spacial score (nSPS) is 29.5. The maximum Gasteiger partial charge on any atom is 0.247 e. The third-order valence-corrected chi connectivity index (χ3v) is 9.19. The van der Waals surface area contributed by atoms with Crippen molar-refractivity contribution in [3.05, 3.63) is 60.2 Å². The number of aliphatic hydroxyl groups excluding tert-OH is 1. The highest BCUT2D eigenvalue weighted by molar-refractivity contribution is 9.09. The number of alkyl halides is 1. The lowest BCUT2D eigenvalue weighted by Crippen LogP contribution is -2.56. The molecule has 0 radical (unpaired) electrons. The number of hydrogen-bond acceptors (Lipinski definition) is 7. The maximum absolute atomic E-state index is 14.3. The highest BCUT2D eigenvalue weighted by Gasteiger charge is 2.77. The van der Waals surface area contributed by atoms with Gasteiger partial charge in [0, 0.05) is 11.4 Å². The van der Waals surface area contributed by atoms with Crippen LogP contribution in [0.4, 0.5) is 0 Å². The lowest BCUT2D eigenvalue weighted by molar-refractivity contribution is -0.146. The fourth-order valence-corrected chi connectivity index (χ4v) is 7.62. The number of ether oxygens (including phenoxy) is 1. The fraction of sp³-hybridized carbons (Fsp3) is 0.464. The van der Waals surface area contributed by atoms with Crippen molar-refractivity contribution >= 4 is 44.7 Å². The van der Waals surface area contributed by atoms with E-state index in [1.54, 1.807) is 4.68 Å². The molecule has 6 rings (SSSR count). The topological polar surface area (TPSA) is 139 Å². The number of carbonyl (C=O) groups excluding carboxylic acids is 3. The molecule has 3 aliphatic heterocycles. The van der Waals surface area contributed by atoms with Crippen molar-refractivity contribution < 1.29 is 24.2 Å². The van der Waals surface area contributed by atoms with Crippen molar-refractivity contribution in [3.63, 3.8) is 0 Å². The molecule has 3 fully saturated rings. The summed E-state index contributed by atoms with van der Waals surface area (Å²) in [5.74, 6) is -2.69. The van der Waals surface area contributed by atoms with Crippen molar-refractivity contribution in [3.8, 4) is 0 Å². The Morgan fingerprint density at radius 1 is 1.15 bits per heavy atom. The van der Waals surface area contributed by atoms with Gasteiger partial charge in [0.2, 0.25) is 17.7 Å². The summed E-state index contributed by atoms with van der Waals surface area (Å²) in [5, 5.41) is 24.7. The van der Waals surface area contributed by atoms with Gasteiger partial charge in [-0.2, -0.15) is 0 Å². The summed E-state index contributed by atoms with van der Waals surface area (Å²) in [4.78, 5) is 43.0. The number of para-hydroxylation sites is 1. The van der Waals surface area contributed by atoms with Gasteiger partial charge in [0.25, 0.3) is 0 Å². The highest BCUT2D eigenvalue weighted by Crippen LogP contribution is 2.61. The van der Waals surface area contributed by atoms with E-state index in [-0.39, 0.29) is 23.3 Å². The first-order valence-electron chi connectivity index (χ1n) is 13.5. The van der Waals surface area contributed by atoms with Crippen molar-refractivity contribution in [1.82, 2.24) is 30.5 Å². The number of carbonyl (C=O) groups is 3. The van der Waals surface area contributed by atoms with E-state index < -0.39 is 48.1 Å². The molecule has 40 heavy (non-hydrogen) atoms. The summed E-state index contributed by atoms with van der Waals surface area (Å²) < 4.78 is 8.11. The molecule has 3 amide bonds. The molecule has 1 aromatic heterocycles. The van der Waals surface area contributed by atoms with Crippen molar-refractivity contribution in [2.75, 3.05) is 13.2 Å². The van der Waals surface area contributed by atoms with Crippen LogP contribution in [0.3, 0.4) is 0 Å². The second-order valence-corrected chi connectivity index (χ2v) is 11.8. The Morgan fingerprint density at radius 2 is 1.90 bits per heavy atom. The minimum atomic E-state index is -1.24. The molecule has 3 aromatic rings. The van der Waals surface area contributed by atoms with Crippen LogP contribution in [0.5, 0.6) is 0 Å². The Balaban J connectivity index is 1.38. The Morgan fingerprint density at radius 3 is 2.65 bits per heavy atom. The molecule has 0 aliphatic carbocycles. The Bertz CT molecular complexity index is 1430. The van der Waals surface area contributed by atoms with Crippen LogP contribution in [-0.2, 0) is 25.8 Å². The van der Waals surface area contributed by atoms with E-state index in [2.05, 4.69) is 36.9 Å². The zero-order chi connectivity index (χ0) is 28.0. The van der Waals surface area contributed by atoms with E-state index in [0.29, 0.717) is 24.0 Å². The molecule has 3 N–H and O–H groups in total. The van der Waals surface area contributed by atoms with Gasteiger partial charge >= 0.3 is 0 Å². The summed E-state index contributed by atoms with van der Waals surface area (Å²) in [6, 6.07) is 14.6. The van der Waals surface area contributed by atoms with Crippen molar-refractivity contribution in [1.29, 1.82) is 0 Å². The number of aliphatic hydroxyl groups is 1. The summed E-state index contributed by atoms with van der Waals surface area (Å²) in [6.45, 7) is 2.06. The van der Waals surface area contributed by atoms with Crippen molar-refractivity contribution in [2.45, 2.75) is 55.0 Å². The zero-order valence-electron chi connectivity index (χ0n) is 21.9. The number of amides is 3. The maximum atomic E-state index is 14.3. The quantitative estimate of drug-likeness (QED) is 0.312. The number of likely N-dealkylation sites (tertiary alicyclic amines) is 1. The third kappa shape index (κ3) is 4.11. The second-order valence-electron chi connectivity index (χ2n) is 10.6. The molecule has 2 bridgehead atoms. The van der Waals surface area contributed by atoms with Crippen LogP contribution < -0.4 is 10.6 Å². The number of rotatable bonds is 9. The third-order valence-electron chi connectivity index (χ3n) is 8.34. The van der Waals surface area contributed by atoms with Gasteiger partial charge in [-0.15, -0.1) is 5.10 Å². The van der Waals surface area contributed by atoms with Crippen LogP contribution in [0.1, 0.15) is 31.4 Å². The van der Waals surface area contributed by atoms with Crippen LogP contribution in [-0.4, -0.2) is 78.4 Å². The van der Waals surface area contributed by atoms with E-state index in [0.717, 1.165) is 11.9 Å². The van der Waals surface area contributed by atoms with Gasteiger partial charge in [0.15, 0.2) is 0 Å². The molecule has 11 nitrogen and oxygen atoms in total. The second kappa shape index (κ2) is 10.6. The molecule has 3 saturated heterocycles. The molecular formula is C28H31BrN6O5. The average Bonchev–Trinajstić information content (AvgIpc) is 3.69. The standard InChI is InChI=1S/C28H31BrN6O5/c1-2-12-30-25(37)21-22-27(39)35(20(14-36)16-8-4-3-5-9-16)24(28(22)13-17(29)23(21)40-28)26(38)31-15-34-19-11-7-6-10-18(19)32-33-34/h3-11,17,20-24,36H,2,12-15H2,1H3,(H,30,37)(H,31,38)/t17?,20-,21+,22+,23+,24?,28?/m1/s1. The molecule has 4 heterocycles. The van der Waals surface area contributed by atoms with Crippen LogP contribution in [0.15, 0.2) is 54.6 Å². The summed E-state index contributed by atoms with van der Waals surface area (Å²) in [6.07, 6.45) is 0.575. The van der Waals surface area contributed by atoms with Gasteiger partial charge in [-0.05, 0) is 30.5 Å². The molecule has 0 saturated carbocycles. The van der Waals surface area contributed by atoms with Crippen LogP contribution in [0.25, 0.3) is 11.0 Å². The summed E-state index contributed by atoms with van der Waals surface area (Å²) in [5.41, 5.74) is 0.896. The predicted octanol–water partition coefficient (Wildman–Crippen LogP) is 1.51. The number of halogens is 1. The van der Waals surface area contributed by atoms with E-state index in [1.807, 2.05) is 61.5 Å². The molecule has 12 heteroatoms. The fourth-order valence-electron chi connectivity index (χ4n) is 6.68. The molecular weight excluding hydrogens is 580 g/mol. The Labute approximate surface area is 239 Å². The summed E-state index contributed by atoms with van der Waals surface area (Å²) >= 11 is 3.68. The molecule has 3 unspecified atom stereocenters. The first kappa shape index (κ1) is 26.9. The first-order valence-corrected chi connectivity index (χ1v) is 14.5. The predicted molar refractivity (Wildman–Crippen MR) is 148 cm³/mol. The van der Waals surface area contributed by atoms with Crippen LogP contribution in [0.2, 0.25) is 0 Å². The SMILES string of the molecule is CCCNC(=O)[C@H]1[C@H]2C(=O)N([C@H](CO)c3ccccc3)C(C(=O)NCn3nnc4ccccc43)C23CC(Br)[C@@H]1O3. The molecule has 2 aromatic carbocycles. The average molecular weight is 611 g/mol. The van der Waals surface area contributed by atoms with Gasteiger partial charge < -0.3 is 25.4 Å². The number of fused-ring (bicyclic) bond motifs is 2. The van der Waals surface area contributed by atoms with E-state index in [1.165, 1.54) is 4.90 Å². The minimum Gasteiger partial charge on any atom is -0.394 e. The van der Waals surface area contributed by atoms with Gasteiger partial charge in [-0.25, -0.2) is 4.68 Å². The number of nitrogens with zero attached hydrogens (tertiary/aromatic N) is 4. The van der Waals surface area contributed by atoms with Gasteiger partial charge in [0.05, 0.1) is 36.1 Å². The van der Waals surface area contributed by atoms with E-state index in [4.69, 9.17) is 4.74 Å². The zero-order valence-corrected chi connectivity index (χ0v) is 23.5. The number of hydrogen-bond donors (Lipinski definition) is 3. The summed E-state index contributed by atoms with van der Waals surface area (Å²) in [7, 11) is 0. The molecule has 3 aliphatic rings. The lowest BCUT2D eigenvalue weighted by atomic mass is 9.70. The van der Waals surface area contributed by atoms with Gasteiger partial charge in [-0.3, -0.25) is 14.4 Å². The van der Waals surface area contributed by atoms with Crippen LogP contribution >= 0.6 is 15.9 Å². The van der Waals surface area contributed by atoms with E-state index >= 15 is 0 Å². The lowest BCUT2D eigenvalue weighted by Gasteiger charge is -2.37. The molecule has 210 valence electrons. The van der Waals surface area contributed by atoms with Crippen molar-refractivity contribution in [2.24, 2.45) is 11.8 Å². The molecule has 1 spiro atoms. The monoisotopic (exact) mass is 610 g/mol. The van der Waals surface area contributed by atoms with Gasteiger partial charge in [-0.1, -0.05) is 70.5 Å². The molecule has 7 atom stereocenters. The highest BCUT2D eigenvalue weighted by atomic mass is 79.9. The minimum absolute atomic E-state index is 0.0232. The van der Waals surface area contributed by atoms with Crippen LogP contribution in [0, 0.1) is 11.8 Å². The Hall–Kier alpha value is -3.35. The first-order chi connectivity index (χ1) is 19.4. The smallest absolute Gasteiger partial charge is 0.247 e.